The number of rotatable bonds is 5. The molecule has 150 valence electrons. The lowest BCUT2D eigenvalue weighted by Crippen LogP contribution is -2.46. The summed E-state index contributed by atoms with van der Waals surface area (Å²) in [7, 11) is 0. The van der Waals surface area contributed by atoms with Gasteiger partial charge in [0.15, 0.2) is 6.10 Å². The molecule has 0 fully saturated rings. The van der Waals surface area contributed by atoms with Crippen molar-refractivity contribution in [1.82, 2.24) is 4.90 Å². The lowest BCUT2D eigenvalue weighted by atomic mass is 9.98. The van der Waals surface area contributed by atoms with Gasteiger partial charge in [-0.15, -0.1) is 0 Å². The average molecular weight is 402 g/mol. The third kappa shape index (κ3) is 4.45. The number of fused-ring (bicyclic) bond motifs is 1. The number of esters is 1. The van der Waals surface area contributed by atoms with Crippen molar-refractivity contribution >= 4 is 29.4 Å². The van der Waals surface area contributed by atoms with Gasteiger partial charge < -0.3 is 10.1 Å². The Morgan fingerprint density at radius 3 is 2.62 bits per heavy atom. The molecule has 1 heterocycles. The number of anilines is 1. The molecule has 1 N–H and O–H groups in total. The minimum Gasteiger partial charge on any atom is -0.451 e. The van der Waals surface area contributed by atoms with Gasteiger partial charge in [-0.05, 0) is 30.7 Å². The van der Waals surface area contributed by atoms with Gasteiger partial charge in [0, 0.05) is 11.6 Å². The summed E-state index contributed by atoms with van der Waals surface area (Å²) in [6, 6.07) is 9.13. The second-order valence-corrected chi connectivity index (χ2v) is 6.36. The van der Waals surface area contributed by atoms with E-state index in [2.05, 4.69) is 5.32 Å². The van der Waals surface area contributed by atoms with Crippen molar-refractivity contribution < 1.29 is 32.7 Å². The Balaban J connectivity index is 1.60. The minimum atomic E-state index is -1.34. The van der Waals surface area contributed by atoms with E-state index in [4.69, 9.17) is 4.74 Å². The van der Waals surface area contributed by atoms with Gasteiger partial charge in [0.05, 0.1) is 12.1 Å². The van der Waals surface area contributed by atoms with Crippen molar-refractivity contribution in [2.75, 3.05) is 11.9 Å². The molecule has 1 atom stereocenters. The Morgan fingerprint density at radius 1 is 1.17 bits per heavy atom. The van der Waals surface area contributed by atoms with Gasteiger partial charge in [-0.3, -0.25) is 24.1 Å². The van der Waals surface area contributed by atoms with Crippen LogP contribution < -0.4 is 5.32 Å². The summed E-state index contributed by atoms with van der Waals surface area (Å²) in [6.45, 7) is 0.582. The molecule has 3 amide bonds. The van der Waals surface area contributed by atoms with Crippen LogP contribution >= 0.6 is 0 Å². The fraction of sp³-hybridized carbons (Fsp3) is 0.200. The van der Waals surface area contributed by atoms with Crippen LogP contribution in [0.2, 0.25) is 0 Å². The molecular weight excluding hydrogens is 386 g/mol. The quantitative estimate of drug-likeness (QED) is 0.611. The van der Waals surface area contributed by atoms with Crippen molar-refractivity contribution in [1.29, 1.82) is 0 Å². The highest BCUT2D eigenvalue weighted by atomic mass is 19.1. The average Bonchev–Trinajstić information content (AvgIpc) is 2.67. The Labute approximate surface area is 164 Å². The van der Waals surface area contributed by atoms with E-state index in [1.165, 1.54) is 6.92 Å². The number of carbonyl (C=O) groups is 4. The maximum Gasteiger partial charge on any atom is 0.326 e. The summed E-state index contributed by atoms with van der Waals surface area (Å²) in [5.41, 5.74) is 0.607. The van der Waals surface area contributed by atoms with Crippen molar-refractivity contribution in [3.05, 3.63) is 65.2 Å². The molecule has 0 saturated carbocycles. The van der Waals surface area contributed by atoms with Crippen LogP contribution in [0.3, 0.4) is 0 Å². The molecule has 0 spiro atoms. The standard InChI is InChI=1S/C20H16F2N2O5/c1-11(19(27)23-16-7-6-13(21)9-15(16)22)29-18(26)10-24-17(25)8-12-4-2-3-5-14(12)20(24)28/h2-7,9,11H,8,10H2,1H3,(H,23,27)/t11-/m1/s1. The number of carbonyl (C=O) groups excluding carboxylic acids is 4. The summed E-state index contributed by atoms with van der Waals surface area (Å²) in [5.74, 6) is -4.81. The fourth-order valence-corrected chi connectivity index (χ4v) is 2.80. The smallest absolute Gasteiger partial charge is 0.326 e. The van der Waals surface area contributed by atoms with E-state index in [-0.39, 0.29) is 12.1 Å². The van der Waals surface area contributed by atoms with E-state index in [1.54, 1.807) is 24.3 Å². The normalized spacial score (nSPS) is 14.2. The predicted octanol–water partition coefficient (Wildman–Crippen LogP) is 2.06. The highest BCUT2D eigenvalue weighted by Crippen LogP contribution is 2.20. The maximum atomic E-state index is 13.6. The van der Waals surface area contributed by atoms with Gasteiger partial charge in [0.1, 0.15) is 18.2 Å². The number of nitrogens with one attached hydrogen (secondary N) is 1. The Bertz CT molecular complexity index is 1010. The number of benzene rings is 2. The summed E-state index contributed by atoms with van der Waals surface area (Å²) >= 11 is 0. The van der Waals surface area contributed by atoms with Gasteiger partial charge in [0.2, 0.25) is 5.91 Å². The molecule has 2 aromatic rings. The highest BCUT2D eigenvalue weighted by Gasteiger charge is 2.33. The van der Waals surface area contributed by atoms with E-state index in [0.717, 1.165) is 17.0 Å². The lowest BCUT2D eigenvalue weighted by Gasteiger charge is -2.26. The second-order valence-electron chi connectivity index (χ2n) is 6.36. The van der Waals surface area contributed by atoms with E-state index < -0.39 is 48.0 Å². The molecule has 29 heavy (non-hydrogen) atoms. The number of halogens is 2. The predicted molar refractivity (Wildman–Crippen MR) is 96.7 cm³/mol. The van der Waals surface area contributed by atoms with Gasteiger partial charge >= 0.3 is 5.97 Å². The summed E-state index contributed by atoms with van der Waals surface area (Å²) in [5, 5.41) is 2.17. The summed E-state index contributed by atoms with van der Waals surface area (Å²) in [4.78, 5) is 49.6. The topological polar surface area (TPSA) is 92.8 Å². The fourth-order valence-electron chi connectivity index (χ4n) is 2.80. The first-order valence-corrected chi connectivity index (χ1v) is 8.64. The van der Waals surface area contributed by atoms with Crippen molar-refractivity contribution in [3.63, 3.8) is 0 Å². The van der Waals surface area contributed by atoms with Gasteiger partial charge in [0.25, 0.3) is 11.8 Å². The van der Waals surface area contributed by atoms with Crippen molar-refractivity contribution in [2.24, 2.45) is 0 Å². The van der Waals surface area contributed by atoms with Crippen LogP contribution in [-0.4, -0.2) is 41.2 Å². The van der Waals surface area contributed by atoms with Gasteiger partial charge in [-0.1, -0.05) is 18.2 Å². The first-order valence-electron chi connectivity index (χ1n) is 8.64. The van der Waals surface area contributed by atoms with E-state index in [9.17, 15) is 28.0 Å². The molecule has 0 aromatic heterocycles. The minimum absolute atomic E-state index is 0.0327. The Kier molecular flexibility index (Phi) is 5.67. The molecule has 0 aliphatic carbocycles. The third-order valence-electron chi connectivity index (χ3n) is 4.29. The molecule has 3 rings (SSSR count). The summed E-state index contributed by atoms with van der Waals surface area (Å²) < 4.78 is 31.5. The van der Waals surface area contributed by atoms with Crippen molar-refractivity contribution in [3.8, 4) is 0 Å². The van der Waals surface area contributed by atoms with Gasteiger partial charge in [-0.2, -0.15) is 0 Å². The molecule has 1 aliphatic heterocycles. The number of ether oxygens (including phenoxy) is 1. The third-order valence-corrected chi connectivity index (χ3v) is 4.29. The molecule has 0 saturated heterocycles. The van der Waals surface area contributed by atoms with Crippen LogP contribution in [0.4, 0.5) is 14.5 Å². The van der Waals surface area contributed by atoms with Crippen molar-refractivity contribution in [2.45, 2.75) is 19.4 Å². The van der Waals surface area contributed by atoms with Crippen LogP contribution in [-0.2, 0) is 25.5 Å². The number of hydrogen-bond acceptors (Lipinski definition) is 5. The first kappa shape index (κ1) is 20.1. The molecule has 9 heteroatoms. The number of amides is 3. The van der Waals surface area contributed by atoms with Crippen LogP contribution in [0.25, 0.3) is 0 Å². The largest absolute Gasteiger partial charge is 0.451 e. The molecule has 7 nitrogen and oxygen atoms in total. The lowest BCUT2D eigenvalue weighted by molar-refractivity contribution is -0.155. The van der Waals surface area contributed by atoms with E-state index >= 15 is 0 Å². The van der Waals surface area contributed by atoms with Crippen LogP contribution in [0.1, 0.15) is 22.8 Å². The molecule has 2 aromatic carbocycles. The SMILES string of the molecule is C[C@@H](OC(=O)CN1C(=O)Cc2ccccc2C1=O)C(=O)Nc1ccc(F)cc1F. The van der Waals surface area contributed by atoms with E-state index in [1.807, 2.05) is 0 Å². The van der Waals surface area contributed by atoms with E-state index in [0.29, 0.717) is 17.2 Å². The highest BCUT2D eigenvalue weighted by molar-refractivity contribution is 6.11. The zero-order valence-corrected chi connectivity index (χ0v) is 15.3. The zero-order chi connectivity index (χ0) is 21.1. The summed E-state index contributed by atoms with van der Waals surface area (Å²) in [6.07, 6.45) is -1.37. The van der Waals surface area contributed by atoms with Crippen LogP contribution in [0.5, 0.6) is 0 Å². The molecule has 0 radical (unpaired) electrons. The molecular formula is C20H16F2N2O5. The molecule has 1 aliphatic rings. The van der Waals surface area contributed by atoms with Gasteiger partial charge in [-0.25, -0.2) is 8.78 Å². The number of imide groups is 1. The Morgan fingerprint density at radius 2 is 1.90 bits per heavy atom. The van der Waals surface area contributed by atoms with Crippen LogP contribution in [0.15, 0.2) is 42.5 Å². The molecule has 0 unspecified atom stereocenters. The Hall–Kier alpha value is -3.62. The number of hydrogen-bond donors (Lipinski definition) is 1. The maximum absolute atomic E-state index is 13.6. The monoisotopic (exact) mass is 402 g/mol. The second kappa shape index (κ2) is 8.17. The zero-order valence-electron chi connectivity index (χ0n) is 15.3. The number of nitrogens with zero attached hydrogens (tertiary/aromatic N) is 1. The molecule has 0 bridgehead atoms. The first-order chi connectivity index (χ1) is 13.8. The van der Waals surface area contributed by atoms with Crippen LogP contribution in [0, 0.1) is 11.6 Å².